The Balaban J connectivity index is 2.82. The summed E-state index contributed by atoms with van der Waals surface area (Å²) in [7, 11) is 3.19. The van der Waals surface area contributed by atoms with Crippen LogP contribution in [0, 0.1) is 5.92 Å². The first kappa shape index (κ1) is 15.3. The van der Waals surface area contributed by atoms with Crippen LogP contribution in [0.3, 0.4) is 0 Å². The van der Waals surface area contributed by atoms with E-state index in [9.17, 15) is 0 Å². The van der Waals surface area contributed by atoms with Crippen molar-refractivity contribution in [2.45, 2.75) is 12.8 Å². The highest BCUT2D eigenvalue weighted by molar-refractivity contribution is 9.10. The van der Waals surface area contributed by atoms with Gasteiger partial charge in [-0.1, -0.05) is 15.9 Å². The van der Waals surface area contributed by atoms with E-state index in [4.69, 9.17) is 19.7 Å². The van der Waals surface area contributed by atoms with Crippen LogP contribution in [0.25, 0.3) is 0 Å². The molecule has 0 saturated heterocycles. The lowest BCUT2D eigenvalue weighted by Crippen LogP contribution is -2.12. The van der Waals surface area contributed by atoms with Gasteiger partial charge in [-0.3, -0.25) is 0 Å². The number of benzene rings is 1. The molecule has 5 heteroatoms. The Morgan fingerprint density at radius 2 is 1.67 bits per heavy atom. The molecule has 0 aromatic heterocycles. The second kappa shape index (κ2) is 7.61. The first-order valence-corrected chi connectivity index (χ1v) is 6.57. The number of aliphatic hydroxyl groups is 2. The Kier molecular flexibility index (Phi) is 6.46. The average molecular weight is 319 g/mol. The van der Waals surface area contributed by atoms with Gasteiger partial charge in [0.25, 0.3) is 0 Å². The van der Waals surface area contributed by atoms with E-state index in [-0.39, 0.29) is 19.1 Å². The van der Waals surface area contributed by atoms with Gasteiger partial charge in [0, 0.05) is 23.6 Å². The molecule has 102 valence electrons. The number of halogens is 1. The Hall–Kier alpha value is -0.780. The monoisotopic (exact) mass is 318 g/mol. The molecule has 1 aromatic rings. The van der Waals surface area contributed by atoms with Crippen molar-refractivity contribution < 1.29 is 19.7 Å². The predicted molar refractivity (Wildman–Crippen MR) is 73.2 cm³/mol. The predicted octanol–water partition coefficient (Wildman–Crippen LogP) is 2.00. The topological polar surface area (TPSA) is 58.9 Å². The van der Waals surface area contributed by atoms with Crippen molar-refractivity contribution in [3.05, 3.63) is 22.2 Å². The zero-order valence-electron chi connectivity index (χ0n) is 10.6. The van der Waals surface area contributed by atoms with Crippen molar-refractivity contribution in [3.63, 3.8) is 0 Å². The normalized spacial score (nSPS) is 10.8. The summed E-state index contributed by atoms with van der Waals surface area (Å²) in [5.41, 5.74) is 1.07. The van der Waals surface area contributed by atoms with Gasteiger partial charge in [-0.15, -0.1) is 0 Å². The van der Waals surface area contributed by atoms with E-state index in [0.717, 1.165) is 22.9 Å². The third kappa shape index (κ3) is 3.86. The van der Waals surface area contributed by atoms with Gasteiger partial charge in [-0.2, -0.15) is 0 Å². The minimum Gasteiger partial charge on any atom is -0.493 e. The van der Waals surface area contributed by atoms with Crippen molar-refractivity contribution in [2.24, 2.45) is 5.92 Å². The minimum atomic E-state index is -0.0787. The number of hydrogen-bond donors (Lipinski definition) is 2. The van der Waals surface area contributed by atoms with Crippen LogP contribution >= 0.6 is 15.9 Å². The molecule has 0 saturated carbocycles. The summed E-state index contributed by atoms with van der Waals surface area (Å²) in [6.07, 6.45) is 1.48. The molecule has 1 aromatic carbocycles. The van der Waals surface area contributed by atoms with Gasteiger partial charge in [0.1, 0.15) is 0 Å². The minimum absolute atomic E-state index is 0.00140. The Labute approximate surface area is 116 Å². The highest BCUT2D eigenvalue weighted by Crippen LogP contribution is 2.34. The van der Waals surface area contributed by atoms with E-state index in [1.165, 1.54) is 0 Å². The molecular formula is C13H19BrO4. The molecule has 0 amide bonds. The second-order valence-electron chi connectivity index (χ2n) is 4.07. The van der Waals surface area contributed by atoms with Gasteiger partial charge in [-0.05, 0) is 30.5 Å². The lowest BCUT2D eigenvalue weighted by Gasteiger charge is -2.14. The Morgan fingerprint density at radius 3 is 2.17 bits per heavy atom. The maximum atomic E-state index is 9.04. The zero-order valence-corrected chi connectivity index (χ0v) is 12.2. The highest BCUT2D eigenvalue weighted by atomic mass is 79.9. The van der Waals surface area contributed by atoms with Gasteiger partial charge in [0.2, 0.25) is 0 Å². The van der Waals surface area contributed by atoms with Crippen LogP contribution < -0.4 is 9.47 Å². The van der Waals surface area contributed by atoms with Crippen LogP contribution in [-0.2, 0) is 6.42 Å². The molecule has 2 N–H and O–H groups in total. The molecule has 4 nitrogen and oxygen atoms in total. The summed E-state index contributed by atoms with van der Waals surface area (Å²) >= 11 is 3.48. The standard InChI is InChI=1S/C13H19BrO4/c1-17-12-5-10(4-3-9(7-15)8-16)11(14)6-13(12)18-2/h5-6,9,15-16H,3-4,7-8H2,1-2H3. The number of hydrogen-bond acceptors (Lipinski definition) is 4. The van der Waals surface area contributed by atoms with Gasteiger partial charge in [0.05, 0.1) is 14.2 Å². The van der Waals surface area contributed by atoms with Crippen molar-refractivity contribution in [1.82, 2.24) is 0 Å². The molecule has 0 radical (unpaired) electrons. The molecule has 0 spiro atoms. The summed E-state index contributed by atoms with van der Waals surface area (Å²) in [5, 5.41) is 18.1. The fourth-order valence-corrected chi connectivity index (χ4v) is 2.21. The van der Waals surface area contributed by atoms with E-state index in [1.807, 2.05) is 12.1 Å². The SMILES string of the molecule is COc1cc(Br)c(CCC(CO)CO)cc1OC. The molecule has 1 rings (SSSR count). The Morgan fingerprint density at radius 1 is 1.11 bits per heavy atom. The van der Waals surface area contributed by atoms with Gasteiger partial charge in [-0.25, -0.2) is 0 Å². The van der Waals surface area contributed by atoms with Gasteiger partial charge >= 0.3 is 0 Å². The summed E-state index contributed by atoms with van der Waals surface area (Å²) in [4.78, 5) is 0. The van der Waals surface area contributed by atoms with E-state index < -0.39 is 0 Å². The second-order valence-corrected chi connectivity index (χ2v) is 4.92. The van der Waals surface area contributed by atoms with E-state index in [0.29, 0.717) is 11.5 Å². The first-order valence-electron chi connectivity index (χ1n) is 5.78. The zero-order chi connectivity index (χ0) is 13.5. The van der Waals surface area contributed by atoms with Crippen LogP contribution in [0.15, 0.2) is 16.6 Å². The average Bonchev–Trinajstić information content (AvgIpc) is 2.40. The van der Waals surface area contributed by atoms with Crippen LogP contribution in [0.4, 0.5) is 0 Å². The smallest absolute Gasteiger partial charge is 0.161 e. The van der Waals surface area contributed by atoms with Crippen molar-refractivity contribution in [2.75, 3.05) is 27.4 Å². The fourth-order valence-electron chi connectivity index (χ4n) is 1.69. The molecular weight excluding hydrogens is 300 g/mol. The maximum absolute atomic E-state index is 9.04. The summed E-state index contributed by atoms with van der Waals surface area (Å²) < 4.78 is 11.4. The molecule has 0 atom stereocenters. The number of methoxy groups -OCH3 is 2. The van der Waals surface area contributed by atoms with Gasteiger partial charge < -0.3 is 19.7 Å². The summed E-state index contributed by atoms with van der Waals surface area (Å²) in [6.45, 7) is 0.00279. The first-order chi connectivity index (χ1) is 8.65. The molecule has 0 aliphatic carbocycles. The fraction of sp³-hybridized carbons (Fsp3) is 0.538. The lowest BCUT2D eigenvalue weighted by molar-refractivity contribution is 0.144. The quantitative estimate of drug-likeness (QED) is 0.807. The molecule has 0 bridgehead atoms. The van der Waals surface area contributed by atoms with Crippen molar-refractivity contribution in [3.8, 4) is 11.5 Å². The van der Waals surface area contributed by atoms with Crippen LogP contribution in [0.2, 0.25) is 0 Å². The molecule has 0 aliphatic rings. The number of ether oxygens (including phenoxy) is 2. The third-order valence-electron chi connectivity index (χ3n) is 2.89. The lowest BCUT2D eigenvalue weighted by atomic mass is 10.0. The highest BCUT2D eigenvalue weighted by Gasteiger charge is 2.12. The Bertz CT molecular complexity index is 377. The van der Waals surface area contributed by atoms with Crippen LogP contribution in [0.1, 0.15) is 12.0 Å². The molecule has 0 aliphatic heterocycles. The third-order valence-corrected chi connectivity index (χ3v) is 3.63. The molecule has 18 heavy (non-hydrogen) atoms. The van der Waals surface area contributed by atoms with Gasteiger partial charge in [0.15, 0.2) is 11.5 Å². The van der Waals surface area contributed by atoms with E-state index in [1.54, 1.807) is 14.2 Å². The van der Waals surface area contributed by atoms with E-state index >= 15 is 0 Å². The number of aliphatic hydroxyl groups excluding tert-OH is 2. The maximum Gasteiger partial charge on any atom is 0.161 e. The number of rotatable bonds is 7. The summed E-state index contributed by atoms with van der Waals surface area (Å²) in [6, 6.07) is 3.77. The molecule has 0 fully saturated rings. The molecule has 0 unspecified atom stereocenters. The molecule has 0 heterocycles. The van der Waals surface area contributed by atoms with Crippen molar-refractivity contribution in [1.29, 1.82) is 0 Å². The van der Waals surface area contributed by atoms with Crippen LogP contribution in [0.5, 0.6) is 11.5 Å². The van der Waals surface area contributed by atoms with Crippen molar-refractivity contribution >= 4 is 15.9 Å². The largest absolute Gasteiger partial charge is 0.493 e. The van der Waals surface area contributed by atoms with Crippen LogP contribution in [-0.4, -0.2) is 37.6 Å². The number of aryl methyl sites for hydroxylation is 1. The summed E-state index contributed by atoms with van der Waals surface area (Å²) in [5.74, 6) is 1.28. The van der Waals surface area contributed by atoms with E-state index in [2.05, 4.69) is 15.9 Å².